The molecule has 2 nitrogen and oxygen atoms in total. The molecule has 3 aliphatic rings. The van der Waals surface area contributed by atoms with Crippen LogP contribution in [0.1, 0.15) is 74.9 Å². The molecule has 0 atom stereocenters. The smallest absolute Gasteiger partial charge is 0.0465 e. The Morgan fingerprint density at radius 2 is 0.769 bits per heavy atom. The van der Waals surface area contributed by atoms with Gasteiger partial charge in [0, 0.05) is 44.7 Å². The topological polar surface area (TPSA) is 15.3 Å². The number of hydrogen-bond donors (Lipinski definition) is 1. The van der Waals surface area contributed by atoms with Crippen LogP contribution in [0.2, 0.25) is 0 Å². The van der Waals surface area contributed by atoms with E-state index < -0.39 is 0 Å². The zero-order chi connectivity index (χ0) is 44.2. The summed E-state index contributed by atoms with van der Waals surface area (Å²) in [7, 11) is 0. The van der Waals surface area contributed by atoms with Crippen molar-refractivity contribution in [3.05, 3.63) is 234 Å². The Bertz CT molecular complexity index is 3340. The number of anilines is 5. The Labute approximate surface area is 383 Å². The Morgan fingerprint density at radius 3 is 1.54 bits per heavy atom. The van der Waals surface area contributed by atoms with E-state index in [1.165, 1.54) is 94.7 Å². The molecule has 0 aromatic heterocycles. The van der Waals surface area contributed by atoms with E-state index in [1.54, 1.807) is 0 Å². The van der Waals surface area contributed by atoms with E-state index in [-0.39, 0.29) is 16.2 Å². The normalized spacial score (nSPS) is 15.0. The van der Waals surface area contributed by atoms with Crippen molar-refractivity contribution in [1.82, 2.24) is 0 Å². The van der Waals surface area contributed by atoms with Crippen LogP contribution in [0.15, 0.2) is 200 Å². The molecular formula is C63H52N2. The molecule has 0 aliphatic heterocycles. The highest BCUT2D eigenvalue weighted by Gasteiger charge is 2.43. The van der Waals surface area contributed by atoms with Gasteiger partial charge in [0.05, 0.1) is 0 Å². The molecule has 0 fully saturated rings. The summed E-state index contributed by atoms with van der Waals surface area (Å²) in [4.78, 5) is 2.41. The maximum Gasteiger partial charge on any atom is 0.0465 e. The largest absolute Gasteiger partial charge is 0.356 e. The standard InChI is InChI=1S/C63H52N2/c1-61(2)54-22-14-13-20-49(54)50-35-33-47(37-57(50)61)65(45-18-11-8-12-19-45)46-31-26-41(27-32-46)48-21-15-23-55-60(48)53-39-58-52(38-59(53)62(55,3)4)51-34-28-42(36-56(51)63(58,5)6)40-24-29-44(30-25-40)64-43-16-9-7-10-17-43/h7-39,64H,1-6H3. The average Bonchev–Trinajstić information content (AvgIpc) is 3.81. The first-order valence-electron chi connectivity index (χ1n) is 23.1. The number of para-hydroxylation sites is 2. The van der Waals surface area contributed by atoms with E-state index in [2.05, 4.69) is 246 Å². The van der Waals surface area contributed by atoms with Crippen molar-refractivity contribution in [2.75, 3.05) is 10.2 Å². The first-order chi connectivity index (χ1) is 31.5. The lowest BCUT2D eigenvalue weighted by atomic mass is 9.79. The highest BCUT2D eigenvalue weighted by Crippen LogP contribution is 2.58. The molecule has 314 valence electrons. The highest BCUT2D eigenvalue weighted by molar-refractivity contribution is 5.97. The lowest BCUT2D eigenvalue weighted by molar-refractivity contribution is 0.652. The Kier molecular flexibility index (Phi) is 8.62. The number of fused-ring (bicyclic) bond motifs is 9. The van der Waals surface area contributed by atoms with Gasteiger partial charge in [0.1, 0.15) is 0 Å². The molecule has 0 bridgehead atoms. The molecule has 0 saturated carbocycles. The third-order valence-electron chi connectivity index (χ3n) is 15.1. The van der Waals surface area contributed by atoms with Crippen LogP contribution >= 0.6 is 0 Å². The summed E-state index contributed by atoms with van der Waals surface area (Å²) in [6.45, 7) is 14.3. The molecule has 0 unspecified atom stereocenters. The zero-order valence-electron chi connectivity index (χ0n) is 38.0. The van der Waals surface area contributed by atoms with Crippen LogP contribution in [0.4, 0.5) is 28.4 Å². The van der Waals surface area contributed by atoms with Crippen LogP contribution in [-0.2, 0) is 16.2 Å². The van der Waals surface area contributed by atoms with E-state index in [4.69, 9.17) is 0 Å². The number of nitrogens with one attached hydrogen (secondary N) is 1. The van der Waals surface area contributed by atoms with Gasteiger partial charge in [-0.05, 0) is 168 Å². The molecule has 0 amide bonds. The van der Waals surface area contributed by atoms with Crippen molar-refractivity contribution in [3.63, 3.8) is 0 Å². The SMILES string of the molecule is CC1(C)c2ccccc2-c2ccc(N(c3ccccc3)c3ccc(-c4cccc5c4-c4cc6c(cc4C5(C)C)-c4ccc(-c5ccc(Nc7ccccc7)cc5)cc4C6(C)C)cc3)cc21. The van der Waals surface area contributed by atoms with Crippen LogP contribution in [0.25, 0.3) is 55.6 Å². The first kappa shape index (κ1) is 39.2. The summed E-state index contributed by atoms with van der Waals surface area (Å²) < 4.78 is 0. The van der Waals surface area contributed by atoms with Gasteiger partial charge in [-0.15, -0.1) is 0 Å². The van der Waals surface area contributed by atoms with Gasteiger partial charge in [-0.1, -0.05) is 163 Å². The van der Waals surface area contributed by atoms with Gasteiger partial charge in [-0.2, -0.15) is 0 Å². The first-order valence-corrected chi connectivity index (χ1v) is 23.1. The Balaban J connectivity index is 0.898. The Morgan fingerprint density at radius 1 is 0.292 bits per heavy atom. The van der Waals surface area contributed by atoms with E-state index in [0.717, 1.165) is 22.7 Å². The van der Waals surface area contributed by atoms with Crippen molar-refractivity contribution in [1.29, 1.82) is 0 Å². The summed E-state index contributed by atoms with van der Waals surface area (Å²) >= 11 is 0. The van der Waals surface area contributed by atoms with Gasteiger partial charge in [-0.3, -0.25) is 0 Å². The second kappa shape index (κ2) is 14.3. The minimum atomic E-state index is -0.162. The van der Waals surface area contributed by atoms with Crippen LogP contribution < -0.4 is 10.2 Å². The number of nitrogens with zero attached hydrogens (tertiary/aromatic N) is 1. The van der Waals surface area contributed by atoms with Crippen LogP contribution in [0, 0.1) is 0 Å². The van der Waals surface area contributed by atoms with Crippen LogP contribution in [-0.4, -0.2) is 0 Å². The fraction of sp³-hybridized carbons (Fsp3) is 0.143. The molecular weight excluding hydrogens is 785 g/mol. The van der Waals surface area contributed by atoms with Crippen molar-refractivity contribution in [2.45, 2.75) is 57.8 Å². The van der Waals surface area contributed by atoms with Gasteiger partial charge in [0.2, 0.25) is 0 Å². The summed E-state index contributed by atoms with van der Waals surface area (Å²) in [5.74, 6) is 0. The van der Waals surface area contributed by atoms with Crippen molar-refractivity contribution >= 4 is 28.4 Å². The molecule has 3 aliphatic carbocycles. The van der Waals surface area contributed by atoms with Crippen LogP contribution in [0.3, 0.4) is 0 Å². The fourth-order valence-corrected chi connectivity index (χ4v) is 11.5. The van der Waals surface area contributed by atoms with E-state index in [0.29, 0.717) is 0 Å². The molecule has 1 N–H and O–H groups in total. The third kappa shape index (κ3) is 6.00. The highest BCUT2D eigenvalue weighted by atomic mass is 15.1. The third-order valence-corrected chi connectivity index (χ3v) is 15.1. The Hall–Kier alpha value is -7.42. The van der Waals surface area contributed by atoms with Gasteiger partial charge >= 0.3 is 0 Å². The second-order valence-electron chi connectivity index (χ2n) is 19.9. The lowest BCUT2D eigenvalue weighted by Gasteiger charge is -2.28. The molecule has 0 radical (unpaired) electrons. The quantitative estimate of drug-likeness (QED) is 0.172. The minimum Gasteiger partial charge on any atom is -0.356 e. The minimum absolute atomic E-state index is 0.0823. The molecule has 0 heterocycles. The number of benzene rings is 9. The molecule has 65 heavy (non-hydrogen) atoms. The number of rotatable bonds is 7. The van der Waals surface area contributed by atoms with E-state index in [9.17, 15) is 0 Å². The second-order valence-corrected chi connectivity index (χ2v) is 19.9. The predicted molar refractivity (Wildman–Crippen MR) is 274 cm³/mol. The summed E-state index contributed by atoms with van der Waals surface area (Å²) in [5, 5.41) is 3.53. The fourth-order valence-electron chi connectivity index (χ4n) is 11.5. The van der Waals surface area contributed by atoms with Gasteiger partial charge < -0.3 is 10.2 Å². The molecule has 12 rings (SSSR count). The zero-order valence-corrected chi connectivity index (χ0v) is 38.0. The van der Waals surface area contributed by atoms with E-state index in [1.807, 2.05) is 6.07 Å². The molecule has 0 spiro atoms. The maximum atomic E-state index is 3.53. The summed E-state index contributed by atoms with van der Waals surface area (Å²) in [6, 6.07) is 74.3. The lowest BCUT2D eigenvalue weighted by Crippen LogP contribution is -2.17. The van der Waals surface area contributed by atoms with Crippen LogP contribution in [0.5, 0.6) is 0 Å². The molecule has 2 heteroatoms. The molecule has 0 saturated heterocycles. The summed E-state index contributed by atoms with van der Waals surface area (Å²) in [6.07, 6.45) is 0. The van der Waals surface area contributed by atoms with Gasteiger partial charge in [0.15, 0.2) is 0 Å². The van der Waals surface area contributed by atoms with Crippen molar-refractivity contribution in [3.8, 4) is 55.6 Å². The number of hydrogen-bond acceptors (Lipinski definition) is 2. The monoisotopic (exact) mass is 836 g/mol. The van der Waals surface area contributed by atoms with Gasteiger partial charge in [0.25, 0.3) is 0 Å². The van der Waals surface area contributed by atoms with E-state index >= 15 is 0 Å². The summed E-state index contributed by atoms with van der Waals surface area (Å²) in [5.41, 5.74) is 26.7. The average molecular weight is 837 g/mol. The molecule has 9 aromatic carbocycles. The maximum absolute atomic E-state index is 3.53. The predicted octanol–water partition coefficient (Wildman–Crippen LogP) is 17.2. The molecule has 9 aromatic rings. The van der Waals surface area contributed by atoms with Crippen molar-refractivity contribution < 1.29 is 0 Å². The van der Waals surface area contributed by atoms with Crippen molar-refractivity contribution in [2.24, 2.45) is 0 Å². The van der Waals surface area contributed by atoms with Gasteiger partial charge in [-0.25, -0.2) is 0 Å².